The Morgan fingerprint density at radius 3 is 2.24 bits per heavy atom. The van der Waals surface area contributed by atoms with Gasteiger partial charge in [-0.15, -0.1) is 0 Å². The molecule has 0 spiro atoms. The third kappa shape index (κ3) is 4.99. The van der Waals surface area contributed by atoms with Crippen LogP contribution in [0.15, 0.2) is 24.3 Å². The van der Waals surface area contributed by atoms with Crippen molar-refractivity contribution in [3.63, 3.8) is 0 Å². The summed E-state index contributed by atoms with van der Waals surface area (Å²) in [5, 5.41) is 5.02. The van der Waals surface area contributed by atoms with Gasteiger partial charge in [-0.1, -0.05) is 67.5 Å². The minimum Gasteiger partial charge on any atom is -0.294 e. The van der Waals surface area contributed by atoms with Crippen molar-refractivity contribution in [3.05, 3.63) is 46.8 Å². The third-order valence-corrected chi connectivity index (χ3v) is 5.92. The molecule has 0 radical (unpaired) electrons. The number of carbonyl (C=O) groups excluding carboxylic acids is 1. The topological polar surface area (TPSA) is 34.9 Å². The van der Waals surface area contributed by atoms with E-state index >= 15 is 0 Å². The maximum Gasteiger partial charge on any atom is 0.167 e. The Labute approximate surface area is 176 Å². The average molecular weight is 395 g/mol. The fraction of sp³-hybridized carbons (Fsp3) is 0.615. The van der Waals surface area contributed by atoms with E-state index in [0.29, 0.717) is 18.3 Å². The Bertz CT molecular complexity index is 879. The number of aromatic nitrogens is 2. The zero-order valence-corrected chi connectivity index (χ0v) is 19.6. The molecule has 2 aromatic rings. The minimum absolute atomic E-state index is 0.0198. The number of hydrogen-bond donors (Lipinski definition) is 0. The zero-order chi connectivity index (χ0) is 21.6. The van der Waals surface area contributed by atoms with E-state index in [1.54, 1.807) is 0 Å². The van der Waals surface area contributed by atoms with E-state index in [4.69, 9.17) is 5.10 Å². The van der Waals surface area contributed by atoms with Crippen molar-refractivity contribution < 1.29 is 4.79 Å². The molecule has 0 saturated heterocycles. The summed E-state index contributed by atoms with van der Waals surface area (Å²) in [7, 11) is 0. The number of benzene rings is 1. The predicted molar refractivity (Wildman–Crippen MR) is 121 cm³/mol. The molecule has 0 fully saturated rings. The highest BCUT2D eigenvalue weighted by molar-refractivity contribution is 6.00. The molecule has 3 nitrogen and oxygen atoms in total. The van der Waals surface area contributed by atoms with E-state index in [2.05, 4.69) is 84.3 Å². The van der Waals surface area contributed by atoms with Crippen LogP contribution in [0.2, 0.25) is 0 Å². The van der Waals surface area contributed by atoms with Gasteiger partial charge in [0.2, 0.25) is 0 Å². The molecule has 0 amide bonds. The van der Waals surface area contributed by atoms with Gasteiger partial charge in [0, 0.05) is 6.42 Å². The fourth-order valence-electron chi connectivity index (χ4n) is 4.83. The van der Waals surface area contributed by atoms with Gasteiger partial charge in [-0.25, -0.2) is 4.68 Å². The smallest absolute Gasteiger partial charge is 0.167 e. The molecule has 1 aromatic heterocycles. The monoisotopic (exact) mass is 394 g/mol. The van der Waals surface area contributed by atoms with Crippen LogP contribution in [-0.2, 0) is 12.8 Å². The van der Waals surface area contributed by atoms with Crippen LogP contribution < -0.4 is 0 Å². The van der Waals surface area contributed by atoms with Gasteiger partial charge in [0.15, 0.2) is 5.78 Å². The molecule has 1 aromatic carbocycles. The fourth-order valence-corrected chi connectivity index (χ4v) is 4.83. The summed E-state index contributed by atoms with van der Waals surface area (Å²) in [4.78, 5) is 13.1. The molecule has 3 heteroatoms. The van der Waals surface area contributed by atoms with Gasteiger partial charge < -0.3 is 0 Å². The maximum atomic E-state index is 13.1. The molecule has 1 atom stereocenters. The van der Waals surface area contributed by atoms with Gasteiger partial charge in [-0.2, -0.15) is 5.10 Å². The van der Waals surface area contributed by atoms with E-state index in [1.165, 1.54) is 5.56 Å². The largest absolute Gasteiger partial charge is 0.294 e. The number of fused-ring (bicyclic) bond motifs is 1. The summed E-state index contributed by atoms with van der Waals surface area (Å²) >= 11 is 0. The highest BCUT2D eigenvalue weighted by Crippen LogP contribution is 2.38. The summed E-state index contributed by atoms with van der Waals surface area (Å²) in [5.74, 6) is 1.26. The van der Waals surface area contributed by atoms with Gasteiger partial charge in [0.05, 0.1) is 22.6 Å². The molecule has 1 aliphatic rings. The van der Waals surface area contributed by atoms with Crippen molar-refractivity contribution in [2.75, 3.05) is 0 Å². The highest BCUT2D eigenvalue weighted by Gasteiger charge is 2.37. The summed E-state index contributed by atoms with van der Waals surface area (Å²) in [6.45, 7) is 17.9. The molecular formula is C26H38N2O. The zero-order valence-electron chi connectivity index (χ0n) is 19.6. The number of hydrogen-bond acceptors (Lipinski definition) is 2. The first-order valence-electron chi connectivity index (χ1n) is 11.1. The van der Waals surface area contributed by atoms with Crippen LogP contribution in [-0.4, -0.2) is 15.6 Å². The lowest BCUT2D eigenvalue weighted by Crippen LogP contribution is -2.28. The number of Topliss-reactive ketones (excluding diaryl/α,β-unsaturated/α-hetero) is 1. The van der Waals surface area contributed by atoms with Crippen LogP contribution in [0.1, 0.15) is 101 Å². The SMILES string of the molecule is CC(Cc1nn(-c2ccc(C(C)C)cc2)c2c1C(=O)CC(C)(C)C2)CC(C)(C)C. The third-order valence-electron chi connectivity index (χ3n) is 5.92. The summed E-state index contributed by atoms with van der Waals surface area (Å²) in [6.07, 6.45) is 3.49. The van der Waals surface area contributed by atoms with Crippen LogP contribution in [0.5, 0.6) is 0 Å². The van der Waals surface area contributed by atoms with E-state index in [0.717, 1.165) is 41.9 Å². The Kier molecular flexibility index (Phi) is 5.82. The molecule has 3 rings (SSSR count). The number of carbonyl (C=O) groups is 1. The van der Waals surface area contributed by atoms with E-state index < -0.39 is 0 Å². The van der Waals surface area contributed by atoms with Crippen molar-refractivity contribution in [2.24, 2.45) is 16.7 Å². The molecule has 1 unspecified atom stereocenters. The second-order valence-electron chi connectivity index (χ2n) is 11.4. The molecule has 158 valence electrons. The van der Waals surface area contributed by atoms with Crippen molar-refractivity contribution in [3.8, 4) is 5.69 Å². The Hall–Kier alpha value is -1.90. The molecule has 0 aliphatic heterocycles. The number of rotatable bonds is 5. The van der Waals surface area contributed by atoms with E-state index in [9.17, 15) is 4.79 Å². The van der Waals surface area contributed by atoms with Crippen molar-refractivity contribution in [1.82, 2.24) is 9.78 Å². The summed E-state index contributed by atoms with van der Waals surface area (Å²) in [6, 6.07) is 8.67. The molecular weight excluding hydrogens is 356 g/mol. The standard InChI is InChI=1S/C26H38N2O/c1-17(2)19-9-11-20(12-10-19)28-22-15-26(7,8)16-23(29)24(22)21(27-28)13-18(3)14-25(4,5)6/h9-12,17-18H,13-16H2,1-8H3. The van der Waals surface area contributed by atoms with E-state index in [1.807, 2.05) is 0 Å². The van der Waals surface area contributed by atoms with Gasteiger partial charge in [0.25, 0.3) is 0 Å². The first-order valence-corrected chi connectivity index (χ1v) is 11.1. The van der Waals surface area contributed by atoms with Crippen LogP contribution >= 0.6 is 0 Å². The van der Waals surface area contributed by atoms with E-state index in [-0.39, 0.29) is 16.6 Å². The van der Waals surface area contributed by atoms with Crippen LogP contribution in [0, 0.1) is 16.7 Å². The normalized spacial score (nSPS) is 17.5. The van der Waals surface area contributed by atoms with Crippen molar-refractivity contribution >= 4 is 5.78 Å². The second kappa shape index (κ2) is 7.74. The van der Waals surface area contributed by atoms with Crippen LogP contribution in [0.25, 0.3) is 5.69 Å². The van der Waals surface area contributed by atoms with Gasteiger partial charge in [0.1, 0.15) is 0 Å². The Morgan fingerprint density at radius 1 is 1.07 bits per heavy atom. The molecule has 1 heterocycles. The number of nitrogens with zero attached hydrogens (tertiary/aromatic N) is 2. The summed E-state index contributed by atoms with van der Waals surface area (Å²) in [5.41, 5.74) is 5.63. The van der Waals surface area contributed by atoms with Crippen molar-refractivity contribution in [2.45, 2.75) is 87.0 Å². The Morgan fingerprint density at radius 2 is 1.69 bits per heavy atom. The second-order valence-corrected chi connectivity index (χ2v) is 11.4. The molecule has 29 heavy (non-hydrogen) atoms. The lowest BCUT2D eigenvalue weighted by Gasteiger charge is -2.29. The highest BCUT2D eigenvalue weighted by atomic mass is 16.1. The quantitative estimate of drug-likeness (QED) is 0.561. The predicted octanol–water partition coefficient (Wildman–Crippen LogP) is 6.77. The Balaban J connectivity index is 2.04. The average Bonchev–Trinajstić information content (AvgIpc) is 2.90. The van der Waals surface area contributed by atoms with Crippen LogP contribution in [0.3, 0.4) is 0 Å². The molecule has 0 N–H and O–H groups in total. The number of ketones is 1. The van der Waals surface area contributed by atoms with Crippen molar-refractivity contribution in [1.29, 1.82) is 0 Å². The van der Waals surface area contributed by atoms with Gasteiger partial charge in [-0.05, 0) is 59.6 Å². The maximum absolute atomic E-state index is 13.1. The van der Waals surface area contributed by atoms with Crippen LogP contribution in [0.4, 0.5) is 0 Å². The lowest BCUT2D eigenvalue weighted by atomic mass is 9.75. The first-order chi connectivity index (χ1) is 13.4. The molecule has 0 bridgehead atoms. The minimum atomic E-state index is -0.0198. The first kappa shape index (κ1) is 21.8. The lowest BCUT2D eigenvalue weighted by molar-refractivity contribution is 0.0909. The van der Waals surface area contributed by atoms with Gasteiger partial charge in [-0.3, -0.25) is 4.79 Å². The summed E-state index contributed by atoms with van der Waals surface area (Å²) < 4.78 is 2.05. The molecule has 1 aliphatic carbocycles. The molecule has 0 saturated carbocycles. The van der Waals surface area contributed by atoms with Gasteiger partial charge >= 0.3 is 0 Å².